The highest BCUT2D eigenvalue weighted by Gasteiger charge is 2.41. The van der Waals surface area contributed by atoms with Crippen LogP contribution in [0.4, 0.5) is 0 Å². The van der Waals surface area contributed by atoms with Crippen LogP contribution in [0.25, 0.3) is 0 Å². The second-order valence-electron chi connectivity index (χ2n) is 8.23. The summed E-state index contributed by atoms with van der Waals surface area (Å²) in [6.07, 6.45) is 1.93. The Balaban J connectivity index is 3.07. The maximum Gasteiger partial charge on any atom is 0.328 e. The molecule has 7 heteroatoms. The molecule has 0 bridgehead atoms. The molecular weight excluding hydrogens is 376 g/mol. The number of amides is 1. The first-order valence-electron chi connectivity index (χ1n) is 9.16. The van der Waals surface area contributed by atoms with E-state index in [1.165, 1.54) is 7.11 Å². The smallest absolute Gasteiger partial charge is 0.328 e. The third kappa shape index (κ3) is 6.96. The minimum absolute atomic E-state index is 0.294. The van der Waals surface area contributed by atoms with Crippen molar-refractivity contribution in [3.63, 3.8) is 0 Å². The fourth-order valence-electron chi connectivity index (χ4n) is 2.39. The van der Waals surface area contributed by atoms with E-state index >= 15 is 0 Å². The molecule has 0 aliphatic carbocycles. The molecule has 0 aliphatic heterocycles. The van der Waals surface area contributed by atoms with Crippen molar-refractivity contribution in [2.75, 3.05) is 7.11 Å². The van der Waals surface area contributed by atoms with Crippen LogP contribution >= 0.6 is 0 Å². The quantitative estimate of drug-likeness (QED) is 0.372. The number of ether oxygens (including phenoxy) is 1. The predicted octanol–water partition coefficient (Wildman–Crippen LogP) is 2.52. The molecule has 0 saturated heterocycles. The van der Waals surface area contributed by atoms with Crippen LogP contribution in [0.1, 0.15) is 40.2 Å². The van der Waals surface area contributed by atoms with Gasteiger partial charge in [0.15, 0.2) is 0 Å². The van der Waals surface area contributed by atoms with Crippen molar-refractivity contribution in [2.45, 2.75) is 57.9 Å². The first-order chi connectivity index (χ1) is 12.9. The number of hydrogen-bond donors (Lipinski definition) is 2. The number of methoxy groups -OCH3 is 1. The van der Waals surface area contributed by atoms with Gasteiger partial charge in [0.25, 0.3) is 0 Å². The van der Waals surface area contributed by atoms with Gasteiger partial charge in [-0.15, -0.1) is 11.3 Å². The molecule has 1 aromatic rings. The van der Waals surface area contributed by atoms with Gasteiger partial charge in [-0.1, -0.05) is 50.3 Å². The zero-order valence-electron chi connectivity index (χ0n) is 17.6. The van der Waals surface area contributed by atoms with Gasteiger partial charge in [0.2, 0.25) is 5.91 Å². The standard InChI is InChI=1S/C21H32N2O4S/c1-8-21(5,6)17(23-28(26)20(2,3)4)18(24)22-16(19(25)27-7)14-15-12-10-9-11-13-15/h8-13,16-17,23H,1,14H2,2-7H3,(H,22,24)/t16-,17+,28?/m0/s1. The highest BCUT2D eigenvalue weighted by molar-refractivity contribution is 7.90. The monoisotopic (exact) mass is 408 g/mol. The van der Waals surface area contributed by atoms with Crippen molar-refractivity contribution < 1.29 is 18.9 Å². The third-order valence-corrected chi connectivity index (χ3v) is 5.96. The average molecular weight is 409 g/mol. The Kier molecular flexibility index (Phi) is 8.73. The van der Waals surface area contributed by atoms with Crippen LogP contribution in [-0.4, -0.2) is 40.4 Å². The van der Waals surface area contributed by atoms with Crippen LogP contribution < -0.4 is 10.0 Å². The van der Waals surface area contributed by atoms with Gasteiger partial charge in [0.1, 0.15) is 16.8 Å². The van der Waals surface area contributed by atoms with Crippen molar-refractivity contribution >= 4 is 23.2 Å². The van der Waals surface area contributed by atoms with Crippen molar-refractivity contribution in [1.82, 2.24) is 10.0 Å². The molecule has 0 aromatic heterocycles. The molecule has 2 N–H and O–H groups in total. The summed E-state index contributed by atoms with van der Waals surface area (Å²) in [5.41, 5.74) is 0.197. The molecule has 0 heterocycles. The highest BCUT2D eigenvalue weighted by Crippen LogP contribution is 2.25. The van der Waals surface area contributed by atoms with Crippen molar-refractivity contribution in [3.8, 4) is 0 Å². The normalized spacial score (nSPS) is 15.2. The Labute approximate surface area is 171 Å². The van der Waals surface area contributed by atoms with Gasteiger partial charge in [-0.3, -0.25) is 4.79 Å². The lowest BCUT2D eigenvalue weighted by Crippen LogP contribution is -2.59. The molecule has 0 spiro atoms. The van der Waals surface area contributed by atoms with Gasteiger partial charge in [0.05, 0.1) is 7.11 Å². The third-order valence-electron chi connectivity index (χ3n) is 4.40. The first kappa shape index (κ1) is 24.2. The second kappa shape index (κ2) is 10.1. The number of carbonyl (C=O) groups excluding carboxylic acids is 2. The fraction of sp³-hybridized carbons (Fsp3) is 0.524. The second-order valence-corrected chi connectivity index (χ2v) is 10.2. The molecule has 1 unspecified atom stereocenters. The van der Waals surface area contributed by atoms with E-state index < -0.39 is 45.5 Å². The summed E-state index contributed by atoms with van der Waals surface area (Å²) in [5, 5.41) is 2.76. The van der Waals surface area contributed by atoms with Gasteiger partial charge in [-0.25, -0.2) is 4.79 Å². The molecule has 0 radical (unpaired) electrons. The minimum atomic E-state index is -1.48. The van der Waals surface area contributed by atoms with E-state index in [-0.39, 0.29) is 0 Å². The Morgan fingerprint density at radius 3 is 2.25 bits per heavy atom. The van der Waals surface area contributed by atoms with Gasteiger partial charge in [-0.05, 0) is 26.3 Å². The molecule has 1 rings (SSSR count). The largest absolute Gasteiger partial charge is 0.598 e. The van der Waals surface area contributed by atoms with E-state index in [1.54, 1.807) is 6.08 Å². The number of nitrogens with one attached hydrogen (secondary N) is 2. The van der Waals surface area contributed by atoms with Gasteiger partial charge in [0, 0.05) is 23.2 Å². The SMILES string of the molecule is C=CC(C)(C)[C@H](N[S+]([O-])C(C)(C)C)C(=O)N[C@@H](Cc1ccccc1)C(=O)OC. The van der Waals surface area contributed by atoms with Gasteiger partial charge >= 0.3 is 5.97 Å². The zero-order chi connectivity index (χ0) is 21.5. The van der Waals surface area contributed by atoms with Gasteiger partial charge < -0.3 is 14.6 Å². The lowest BCUT2D eigenvalue weighted by atomic mass is 9.84. The van der Waals surface area contributed by atoms with E-state index in [0.717, 1.165) is 5.56 Å². The number of hydrogen-bond acceptors (Lipinski definition) is 5. The minimum Gasteiger partial charge on any atom is -0.598 e. The van der Waals surface area contributed by atoms with Crippen molar-refractivity contribution in [1.29, 1.82) is 0 Å². The molecule has 0 aliphatic rings. The molecule has 0 saturated carbocycles. The average Bonchev–Trinajstić information content (AvgIpc) is 2.64. The van der Waals surface area contributed by atoms with Crippen molar-refractivity contribution in [3.05, 3.63) is 48.6 Å². The highest BCUT2D eigenvalue weighted by atomic mass is 32.2. The van der Waals surface area contributed by atoms with Crippen LogP contribution in [0.2, 0.25) is 0 Å². The summed E-state index contributed by atoms with van der Waals surface area (Å²) in [6, 6.07) is 7.66. The molecule has 3 atom stereocenters. The maximum atomic E-state index is 13.1. The van der Waals surface area contributed by atoms with E-state index in [2.05, 4.69) is 16.6 Å². The summed E-state index contributed by atoms with van der Waals surface area (Å²) in [7, 11) is 1.28. The summed E-state index contributed by atoms with van der Waals surface area (Å²) in [6.45, 7) is 12.9. The Morgan fingerprint density at radius 2 is 1.79 bits per heavy atom. The first-order valence-corrected chi connectivity index (χ1v) is 10.3. The number of benzene rings is 1. The van der Waals surface area contributed by atoms with E-state index in [9.17, 15) is 14.1 Å². The predicted molar refractivity (Wildman–Crippen MR) is 113 cm³/mol. The van der Waals surface area contributed by atoms with Crippen molar-refractivity contribution in [2.24, 2.45) is 5.41 Å². The van der Waals surface area contributed by atoms with Crippen LogP contribution in [0.3, 0.4) is 0 Å². The topological polar surface area (TPSA) is 90.5 Å². The Hall–Kier alpha value is -1.83. The molecule has 6 nitrogen and oxygen atoms in total. The molecule has 28 heavy (non-hydrogen) atoms. The lowest BCUT2D eigenvalue weighted by Gasteiger charge is -2.34. The maximum absolute atomic E-state index is 13.1. The Morgan fingerprint density at radius 1 is 1.21 bits per heavy atom. The molecule has 1 amide bonds. The van der Waals surface area contributed by atoms with Crippen LogP contribution in [0, 0.1) is 5.41 Å². The van der Waals surface area contributed by atoms with Crippen LogP contribution in [0.5, 0.6) is 0 Å². The fourth-order valence-corrected chi connectivity index (χ4v) is 3.36. The Bertz CT molecular complexity index is 671. The summed E-state index contributed by atoms with van der Waals surface area (Å²) in [4.78, 5) is 25.3. The lowest BCUT2D eigenvalue weighted by molar-refractivity contribution is -0.145. The molecule has 156 valence electrons. The zero-order valence-corrected chi connectivity index (χ0v) is 18.4. The number of esters is 1. The van der Waals surface area contributed by atoms with E-state index in [4.69, 9.17) is 4.74 Å². The number of carbonyl (C=O) groups is 2. The molecule has 1 aromatic carbocycles. The molecule has 0 fully saturated rings. The van der Waals surface area contributed by atoms with Crippen LogP contribution in [0.15, 0.2) is 43.0 Å². The summed E-state index contributed by atoms with van der Waals surface area (Å²) in [5.74, 6) is -0.974. The van der Waals surface area contributed by atoms with E-state index in [1.807, 2.05) is 65.0 Å². The molecular formula is C21H32N2O4S. The van der Waals surface area contributed by atoms with Crippen LogP contribution in [-0.2, 0) is 32.1 Å². The van der Waals surface area contributed by atoms with Gasteiger partial charge in [-0.2, -0.15) is 0 Å². The summed E-state index contributed by atoms with van der Waals surface area (Å²) >= 11 is -1.48. The number of rotatable bonds is 9. The summed E-state index contributed by atoms with van der Waals surface area (Å²) < 4.78 is 19.8. The van der Waals surface area contributed by atoms with E-state index in [0.29, 0.717) is 6.42 Å².